The maximum Gasteiger partial charge on any atom is 0.333 e. The number of hydrogen-bond donors (Lipinski definition) is 0. The van der Waals surface area contributed by atoms with Gasteiger partial charge in [0.25, 0.3) is 5.91 Å². The maximum absolute atomic E-state index is 12.7. The lowest BCUT2D eigenvalue weighted by Gasteiger charge is -2.49. The van der Waals surface area contributed by atoms with Crippen LogP contribution in [0.1, 0.15) is 68.4 Å². The molecule has 0 unspecified atom stereocenters. The van der Waals surface area contributed by atoms with Gasteiger partial charge in [-0.15, -0.1) is 0 Å². The molecule has 25 heavy (non-hydrogen) atoms. The second kappa shape index (κ2) is 7.81. The molecule has 2 heterocycles. The van der Waals surface area contributed by atoms with Crippen LogP contribution < -0.4 is 0 Å². The number of rotatable bonds is 5. The summed E-state index contributed by atoms with van der Waals surface area (Å²) in [5.74, 6) is -0.277. The maximum atomic E-state index is 12.7. The predicted octanol–water partition coefficient (Wildman–Crippen LogP) is 3.54. The summed E-state index contributed by atoms with van der Waals surface area (Å²) in [4.78, 5) is 16.9. The zero-order chi connectivity index (χ0) is 17.9. The molecule has 0 N–H and O–H groups in total. The lowest BCUT2D eigenvalue weighted by Crippen LogP contribution is -2.58. The van der Waals surface area contributed by atoms with Crippen LogP contribution in [0.4, 0.5) is 8.78 Å². The van der Waals surface area contributed by atoms with Crippen LogP contribution in [0.25, 0.3) is 0 Å². The molecule has 140 valence electrons. The third-order valence-electron chi connectivity index (χ3n) is 5.72. The van der Waals surface area contributed by atoms with Crippen molar-refractivity contribution in [1.82, 2.24) is 19.6 Å². The molecular formula is C18H28F2N4O. The van der Waals surface area contributed by atoms with Crippen molar-refractivity contribution in [1.29, 1.82) is 0 Å². The van der Waals surface area contributed by atoms with Crippen LogP contribution in [0.3, 0.4) is 0 Å². The molecule has 1 aliphatic carbocycles. The molecular weight excluding hydrogens is 326 g/mol. The molecule has 0 radical (unpaired) electrons. The van der Waals surface area contributed by atoms with Crippen LogP contribution in [0, 0.1) is 0 Å². The molecule has 3 rings (SSSR count). The number of hydrogen-bond acceptors (Lipinski definition) is 3. The fraction of sp³-hybridized carbons (Fsp3) is 0.778. The lowest BCUT2D eigenvalue weighted by molar-refractivity contribution is 0.00957. The van der Waals surface area contributed by atoms with E-state index in [0.717, 1.165) is 32.1 Å². The largest absolute Gasteiger partial charge is 0.338 e. The normalized spacial score (nSPS) is 21.4. The first-order valence-corrected chi connectivity index (χ1v) is 9.36. The van der Waals surface area contributed by atoms with Crippen molar-refractivity contribution in [3.63, 3.8) is 0 Å². The summed E-state index contributed by atoms with van der Waals surface area (Å²) in [5, 5.41) is 3.72. The van der Waals surface area contributed by atoms with Crippen molar-refractivity contribution in [2.45, 2.75) is 63.5 Å². The summed E-state index contributed by atoms with van der Waals surface area (Å²) in [6.07, 6.45) is 10.7. The Kier molecular flexibility index (Phi) is 5.71. The standard InChI is InChI=1S/C18H28F2N4O/c1-22(16(25)15-8-13-24(21-15)17(19)20)14-18(9-4-2-5-10-18)23-11-6-3-7-12-23/h8,13,17H,2-7,9-12,14H2,1H3. The second-order valence-electron chi connectivity index (χ2n) is 7.45. The van der Waals surface area contributed by atoms with Gasteiger partial charge in [-0.25, -0.2) is 4.68 Å². The smallest absolute Gasteiger partial charge is 0.333 e. The second-order valence-corrected chi connectivity index (χ2v) is 7.45. The van der Waals surface area contributed by atoms with Gasteiger partial charge in [-0.3, -0.25) is 9.69 Å². The van der Waals surface area contributed by atoms with E-state index in [9.17, 15) is 13.6 Å². The molecule has 1 saturated heterocycles. The van der Waals surface area contributed by atoms with Crippen LogP contribution in [0.2, 0.25) is 0 Å². The summed E-state index contributed by atoms with van der Waals surface area (Å²) in [6, 6.07) is 1.37. The van der Waals surface area contributed by atoms with Gasteiger partial charge < -0.3 is 4.90 Å². The van der Waals surface area contributed by atoms with E-state index in [1.165, 1.54) is 44.6 Å². The summed E-state index contributed by atoms with van der Waals surface area (Å²) in [7, 11) is 1.77. The van der Waals surface area contributed by atoms with Crippen LogP contribution >= 0.6 is 0 Å². The summed E-state index contributed by atoms with van der Waals surface area (Å²) in [6.45, 7) is 0.127. The van der Waals surface area contributed by atoms with Gasteiger partial charge in [0.1, 0.15) is 0 Å². The number of alkyl halides is 2. The van der Waals surface area contributed by atoms with E-state index in [2.05, 4.69) is 10.00 Å². The van der Waals surface area contributed by atoms with Crippen molar-refractivity contribution < 1.29 is 13.6 Å². The number of likely N-dealkylation sites (N-methyl/N-ethyl adjacent to an activating group) is 1. The Bertz CT molecular complexity index is 577. The highest BCUT2D eigenvalue weighted by Crippen LogP contribution is 2.36. The van der Waals surface area contributed by atoms with E-state index in [1.54, 1.807) is 11.9 Å². The first-order chi connectivity index (χ1) is 12.0. The summed E-state index contributed by atoms with van der Waals surface area (Å²) < 4.78 is 25.9. The fourth-order valence-corrected chi connectivity index (χ4v) is 4.42. The third kappa shape index (κ3) is 4.02. The Labute approximate surface area is 148 Å². The van der Waals surface area contributed by atoms with Gasteiger partial charge in [0.05, 0.1) is 0 Å². The van der Waals surface area contributed by atoms with E-state index in [1.807, 2.05) is 0 Å². The van der Waals surface area contributed by atoms with Crippen LogP contribution in [0.15, 0.2) is 12.3 Å². The van der Waals surface area contributed by atoms with Gasteiger partial charge in [0.15, 0.2) is 5.69 Å². The first kappa shape index (κ1) is 18.3. The number of amides is 1. The quantitative estimate of drug-likeness (QED) is 0.812. The average Bonchev–Trinajstić information content (AvgIpc) is 3.13. The zero-order valence-electron chi connectivity index (χ0n) is 15.0. The van der Waals surface area contributed by atoms with E-state index in [-0.39, 0.29) is 17.1 Å². The Balaban J connectivity index is 1.72. The van der Waals surface area contributed by atoms with Gasteiger partial charge in [0.2, 0.25) is 0 Å². The minimum absolute atomic E-state index is 0.0361. The van der Waals surface area contributed by atoms with Crippen molar-refractivity contribution in [2.75, 3.05) is 26.7 Å². The van der Waals surface area contributed by atoms with Crippen molar-refractivity contribution in [3.05, 3.63) is 18.0 Å². The minimum Gasteiger partial charge on any atom is -0.338 e. The molecule has 1 amide bonds. The summed E-state index contributed by atoms with van der Waals surface area (Å²) in [5.41, 5.74) is 0.126. The molecule has 1 aliphatic heterocycles. The number of aromatic nitrogens is 2. The number of carbonyl (C=O) groups excluding carboxylic acids is 1. The topological polar surface area (TPSA) is 41.4 Å². The highest BCUT2D eigenvalue weighted by atomic mass is 19.3. The highest BCUT2D eigenvalue weighted by molar-refractivity contribution is 5.92. The molecule has 1 saturated carbocycles. The molecule has 1 aromatic heterocycles. The highest BCUT2D eigenvalue weighted by Gasteiger charge is 2.40. The fourth-order valence-electron chi connectivity index (χ4n) is 4.42. The van der Waals surface area contributed by atoms with Gasteiger partial charge in [-0.2, -0.15) is 13.9 Å². The van der Waals surface area contributed by atoms with Crippen molar-refractivity contribution in [2.24, 2.45) is 0 Å². The van der Waals surface area contributed by atoms with Crippen LogP contribution in [-0.2, 0) is 0 Å². The van der Waals surface area contributed by atoms with E-state index < -0.39 is 6.55 Å². The van der Waals surface area contributed by atoms with E-state index >= 15 is 0 Å². The molecule has 5 nitrogen and oxygen atoms in total. The number of piperidine rings is 1. The number of carbonyl (C=O) groups is 1. The molecule has 0 atom stereocenters. The van der Waals surface area contributed by atoms with Gasteiger partial charge in [-0.05, 0) is 44.8 Å². The monoisotopic (exact) mass is 354 g/mol. The lowest BCUT2D eigenvalue weighted by atomic mass is 9.78. The first-order valence-electron chi connectivity index (χ1n) is 9.36. The molecule has 0 aromatic carbocycles. The van der Waals surface area contributed by atoms with E-state index in [0.29, 0.717) is 11.2 Å². The molecule has 2 fully saturated rings. The Hall–Kier alpha value is -1.50. The van der Waals surface area contributed by atoms with E-state index in [4.69, 9.17) is 0 Å². The molecule has 1 aromatic rings. The molecule has 7 heteroatoms. The van der Waals surface area contributed by atoms with Crippen molar-refractivity contribution in [3.8, 4) is 0 Å². The average molecular weight is 354 g/mol. The van der Waals surface area contributed by atoms with Crippen LogP contribution in [-0.4, -0.2) is 57.7 Å². The minimum atomic E-state index is -2.72. The number of halogens is 2. The van der Waals surface area contributed by atoms with Gasteiger partial charge in [-0.1, -0.05) is 25.7 Å². The number of nitrogens with zero attached hydrogens (tertiary/aromatic N) is 4. The zero-order valence-corrected chi connectivity index (χ0v) is 15.0. The van der Waals surface area contributed by atoms with Gasteiger partial charge >= 0.3 is 6.55 Å². The van der Waals surface area contributed by atoms with Gasteiger partial charge in [0, 0.05) is 25.3 Å². The Morgan fingerprint density at radius 3 is 2.44 bits per heavy atom. The SMILES string of the molecule is CN(CC1(N2CCCCC2)CCCCC1)C(=O)c1ccn(C(F)F)n1. The number of likely N-dealkylation sites (tertiary alicyclic amines) is 1. The molecule has 0 spiro atoms. The Morgan fingerprint density at radius 1 is 1.20 bits per heavy atom. The predicted molar refractivity (Wildman–Crippen MR) is 91.7 cm³/mol. The third-order valence-corrected chi connectivity index (χ3v) is 5.72. The molecule has 0 bridgehead atoms. The Morgan fingerprint density at radius 2 is 1.84 bits per heavy atom. The molecule has 2 aliphatic rings. The summed E-state index contributed by atoms with van der Waals surface area (Å²) >= 11 is 0. The van der Waals surface area contributed by atoms with Crippen molar-refractivity contribution >= 4 is 5.91 Å². The van der Waals surface area contributed by atoms with Crippen LogP contribution in [0.5, 0.6) is 0 Å².